The molecule has 3 aromatic rings. The Morgan fingerprint density at radius 3 is 2.23 bits per heavy atom. The normalized spacial score (nSPS) is 21.2. The van der Waals surface area contributed by atoms with Gasteiger partial charge in [0, 0.05) is 23.8 Å². The maximum absolute atomic E-state index is 13.1. The summed E-state index contributed by atoms with van der Waals surface area (Å²) >= 11 is 0. The van der Waals surface area contributed by atoms with Crippen molar-refractivity contribution in [1.82, 2.24) is 15.0 Å². The lowest BCUT2D eigenvalue weighted by Crippen LogP contribution is -2.67. The Bertz CT molecular complexity index is 1310. The zero-order valence-electron chi connectivity index (χ0n) is 19.0. The first-order valence-corrected chi connectivity index (χ1v) is 13.0. The van der Waals surface area contributed by atoms with Crippen molar-refractivity contribution in [3.8, 4) is 0 Å². The van der Waals surface area contributed by atoms with E-state index in [9.17, 15) is 18.0 Å². The van der Waals surface area contributed by atoms with Crippen LogP contribution in [0.15, 0.2) is 83.9 Å². The van der Waals surface area contributed by atoms with E-state index >= 15 is 0 Å². The van der Waals surface area contributed by atoms with E-state index in [1.54, 1.807) is 30.3 Å². The Morgan fingerprint density at radius 2 is 1.63 bits per heavy atom. The van der Waals surface area contributed by atoms with Crippen LogP contribution >= 0.6 is 0 Å². The van der Waals surface area contributed by atoms with Crippen molar-refractivity contribution < 1.29 is 18.0 Å². The summed E-state index contributed by atoms with van der Waals surface area (Å²) in [7, 11) is -3.62. The van der Waals surface area contributed by atoms with Crippen LogP contribution in [0.5, 0.6) is 0 Å². The van der Waals surface area contributed by atoms with Crippen molar-refractivity contribution in [1.29, 1.82) is 0 Å². The minimum absolute atomic E-state index is 0.157. The third-order valence-electron chi connectivity index (χ3n) is 6.62. The summed E-state index contributed by atoms with van der Waals surface area (Å²) in [5.41, 5.74) is 1.27. The number of sulfonamides is 1. The third kappa shape index (κ3) is 5.11. The smallest absolute Gasteiger partial charge is 0.270 e. The summed E-state index contributed by atoms with van der Waals surface area (Å²) in [6, 6.07) is 19.5. The monoisotopic (exact) mass is 490 g/mol. The highest BCUT2D eigenvalue weighted by Crippen LogP contribution is 2.57. The van der Waals surface area contributed by atoms with Gasteiger partial charge >= 0.3 is 0 Å². The second kappa shape index (κ2) is 9.24. The van der Waals surface area contributed by atoms with Gasteiger partial charge in [0.15, 0.2) is 0 Å². The number of rotatable bonds is 9. The summed E-state index contributed by atoms with van der Waals surface area (Å²) in [6.45, 7) is 0. The van der Waals surface area contributed by atoms with E-state index in [4.69, 9.17) is 0 Å². The lowest BCUT2D eigenvalue weighted by atomic mass is 9.50. The minimum Gasteiger partial charge on any atom is -0.339 e. The van der Waals surface area contributed by atoms with E-state index in [0.717, 1.165) is 24.8 Å². The van der Waals surface area contributed by atoms with Crippen LogP contribution in [-0.2, 0) is 21.2 Å². The molecule has 1 unspecified atom stereocenters. The molecule has 8 nitrogen and oxygen atoms in total. The molecule has 1 aromatic heterocycles. The molecule has 3 saturated carbocycles. The Morgan fingerprint density at radius 1 is 0.943 bits per heavy atom. The van der Waals surface area contributed by atoms with Gasteiger partial charge < -0.3 is 10.6 Å². The summed E-state index contributed by atoms with van der Waals surface area (Å²) < 4.78 is 28.3. The predicted molar refractivity (Wildman–Crippen MR) is 131 cm³/mol. The van der Waals surface area contributed by atoms with Crippen LogP contribution < -0.4 is 15.4 Å². The average Bonchev–Trinajstić information content (AvgIpc) is 2.82. The number of amides is 2. The van der Waals surface area contributed by atoms with Crippen LogP contribution in [0.4, 0.5) is 5.69 Å². The van der Waals surface area contributed by atoms with Gasteiger partial charge in [0.05, 0.1) is 4.90 Å². The molecule has 3 fully saturated rings. The topological polar surface area (TPSA) is 117 Å². The molecule has 0 saturated heterocycles. The molecule has 1 heterocycles. The van der Waals surface area contributed by atoms with Crippen LogP contribution in [0.2, 0.25) is 0 Å². The Balaban J connectivity index is 1.28. The van der Waals surface area contributed by atoms with Crippen molar-refractivity contribution in [2.75, 3.05) is 5.32 Å². The Hall–Kier alpha value is -3.56. The summed E-state index contributed by atoms with van der Waals surface area (Å²) in [6.07, 6.45) is 4.53. The van der Waals surface area contributed by atoms with Crippen molar-refractivity contribution in [2.24, 2.45) is 5.92 Å². The van der Waals surface area contributed by atoms with Gasteiger partial charge in [0.25, 0.3) is 5.91 Å². The van der Waals surface area contributed by atoms with Crippen LogP contribution in [-0.4, -0.2) is 36.8 Å². The van der Waals surface area contributed by atoms with Gasteiger partial charge in [-0.2, -0.15) is 0 Å². The van der Waals surface area contributed by atoms with Gasteiger partial charge in [-0.1, -0.05) is 36.4 Å². The van der Waals surface area contributed by atoms with E-state index in [0.29, 0.717) is 11.6 Å². The molecule has 0 spiro atoms. The lowest BCUT2D eigenvalue weighted by molar-refractivity contribution is -0.118. The number of hydrogen-bond donors (Lipinski definition) is 3. The molecule has 3 aliphatic rings. The molecular weight excluding hydrogens is 464 g/mol. The summed E-state index contributed by atoms with van der Waals surface area (Å²) in [5, 5.41) is 5.55. The molecule has 1 atom stereocenters. The molecule has 180 valence electrons. The Labute approximate surface area is 204 Å². The van der Waals surface area contributed by atoms with Gasteiger partial charge in [-0.15, -0.1) is 0 Å². The van der Waals surface area contributed by atoms with Gasteiger partial charge in [-0.05, 0) is 67.1 Å². The fourth-order valence-electron chi connectivity index (χ4n) is 4.68. The molecule has 2 aromatic carbocycles. The van der Waals surface area contributed by atoms with E-state index < -0.39 is 27.9 Å². The molecule has 2 amide bonds. The molecular formula is C26H26N4O4S. The van der Waals surface area contributed by atoms with E-state index in [1.807, 2.05) is 30.3 Å². The molecule has 0 radical (unpaired) electrons. The summed E-state index contributed by atoms with van der Waals surface area (Å²) in [5.74, 6) is -0.208. The SMILES string of the molecule is O=C(NC(Cc1ccccc1)C(=O)Nc1ccc(S(=O)(=O)NC23CC(C2)C3)cc1)c1ccccn1. The molecule has 3 aliphatic carbocycles. The summed E-state index contributed by atoms with van der Waals surface area (Å²) in [4.78, 5) is 30.0. The second-order valence-corrected chi connectivity index (χ2v) is 11.0. The standard InChI is InChI=1S/C26H26N4O4S/c31-24(22-8-4-5-13-27-22)29-23(14-18-6-2-1-3-7-18)25(32)28-20-9-11-21(12-10-20)35(33,34)30-26-15-19(16-26)17-26/h1-13,19,23,30H,14-17H2,(H,28,32)(H,29,31). The van der Waals surface area contributed by atoms with Crippen molar-refractivity contribution in [2.45, 2.75) is 42.2 Å². The maximum Gasteiger partial charge on any atom is 0.270 e. The number of benzene rings is 2. The van der Waals surface area contributed by atoms with E-state index in [2.05, 4.69) is 20.3 Å². The minimum atomic E-state index is -3.62. The largest absolute Gasteiger partial charge is 0.339 e. The number of aromatic nitrogens is 1. The van der Waals surface area contributed by atoms with Crippen molar-refractivity contribution >= 4 is 27.5 Å². The lowest BCUT2D eigenvalue weighted by Gasteiger charge is -2.61. The highest BCUT2D eigenvalue weighted by atomic mass is 32.2. The van der Waals surface area contributed by atoms with Crippen LogP contribution in [0.1, 0.15) is 35.3 Å². The van der Waals surface area contributed by atoms with Gasteiger partial charge in [0.2, 0.25) is 15.9 Å². The average molecular weight is 491 g/mol. The van der Waals surface area contributed by atoms with Crippen LogP contribution in [0.25, 0.3) is 0 Å². The molecule has 35 heavy (non-hydrogen) atoms. The van der Waals surface area contributed by atoms with Crippen molar-refractivity contribution in [3.05, 3.63) is 90.3 Å². The fourth-order valence-corrected chi connectivity index (χ4v) is 6.11. The highest BCUT2D eigenvalue weighted by molar-refractivity contribution is 7.89. The maximum atomic E-state index is 13.1. The third-order valence-corrected chi connectivity index (χ3v) is 8.22. The molecule has 3 N–H and O–H groups in total. The van der Waals surface area contributed by atoms with Gasteiger partial charge in [0.1, 0.15) is 11.7 Å². The number of hydrogen-bond acceptors (Lipinski definition) is 5. The van der Waals surface area contributed by atoms with Crippen molar-refractivity contribution in [3.63, 3.8) is 0 Å². The zero-order valence-corrected chi connectivity index (χ0v) is 19.8. The van der Waals surface area contributed by atoms with Gasteiger partial charge in [-0.25, -0.2) is 13.1 Å². The molecule has 6 rings (SSSR count). The quantitative estimate of drug-likeness (QED) is 0.426. The van der Waals surface area contributed by atoms with Crippen LogP contribution in [0, 0.1) is 5.92 Å². The van der Waals surface area contributed by atoms with E-state index in [-0.39, 0.29) is 22.5 Å². The van der Waals surface area contributed by atoms with Crippen LogP contribution in [0.3, 0.4) is 0 Å². The second-order valence-electron chi connectivity index (χ2n) is 9.31. The highest BCUT2D eigenvalue weighted by Gasteiger charge is 2.58. The first-order chi connectivity index (χ1) is 16.8. The van der Waals surface area contributed by atoms with E-state index in [1.165, 1.54) is 18.3 Å². The predicted octanol–water partition coefficient (Wildman–Crippen LogP) is 2.89. The molecule has 9 heteroatoms. The number of pyridine rings is 1. The fraction of sp³-hybridized carbons (Fsp3) is 0.269. The number of carbonyl (C=O) groups excluding carboxylic acids is 2. The zero-order chi connectivity index (χ0) is 24.5. The first-order valence-electron chi connectivity index (χ1n) is 11.5. The number of nitrogens with zero attached hydrogens (tertiary/aromatic N) is 1. The first kappa shape index (κ1) is 23.2. The Kier molecular flexibility index (Phi) is 6.12. The number of carbonyl (C=O) groups is 2. The number of anilines is 1. The van der Waals surface area contributed by atoms with Gasteiger partial charge in [-0.3, -0.25) is 14.6 Å². The molecule has 0 aliphatic heterocycles. The number of nitrogens with one attached hydrogen (secondary N) is 3. The molecule has 2 bridgehead atoms.